The zero-order valence-corrected chi connectivity index (χ0v) is 12.2. The number of aryl methyl sites for hydroxylation is 1. The summed E-state index contributed by atoms with van der Waals surface area (Å²) in [5, 5.41) is 12.2. The molecule has 0 bridgehead atoms. The first kappa shape index (κ1) is 14.5. The van der Waals surface area contributed by atoms with E-state index in [2.05, 4.69) is 11.9 Å². The number of carboxylic acids is 1. The Balaban J connectivity index is 1.91. The van der Waals surface area contributed by atoms with Gasteiger partial charge < -0.3 is 9.84 Å². The van der Waals surface area contributed by atoms with Gasteiger partial charge in [-0.2, -0.15) is 0 Å². The topological polar surface area (TPSA) is 59.4 Å². The molecule has 0 aliphatic carbocycles. The summed E-state index contributed by atoms with van der Waals surface area (Å²) < 4.78 is 5.56. The third-order valence-electron chi connectivity index (χ3n) is 2.80. The second kappa shape index (κ2) is 7.05. The fraction of sp³-hybridized carbons (Fsp3) is 0.333. The maximum atomic E-state index is 11.0. The molecule has 20 heavy (non-hydrogen) atoms. The third kappa shape index (κ3) is 3.81. The first-order valence-electron chi connectivity index (χ1n) is 6.59. The number of nitrogens with zero attached hydrogens (tertiary/aromatic N) is 1. The van der Waals surface area contributed by atoms with Crippen LogP contribution >= 0.6 is 11.3 Å². The second-order valence-corrected chi connectivity index (χ2v) is 5.33. The van der Waals surface area contributed by atoms with Crippen molar-refractivity contribution in [1.29, 1.82) is 0 Å². The number of carbonyl (C=O) groups is 1. The zero-order valence-electron chi connectivity index (χ0n) is 11.3. The van der Waals surface area contributed by atoms with Gasteiger partial charge in [-0.15, -0.1) is 11.3 Å². The number of hydrogen-bond donors (Lipinski definition) is 1. The van der Waals surface area contributed by atoms with E-state index in [1.807, 2.05) is 5.38 Å². The van der Waals surface area contributed by atoms with Gasteiger partial charge in [0.2, 0.25) is 0 Å². The molecule has 0 aliphatic rings. The quantitative estimate of drug-likeness (QED) is 0.849. The number of benzene rings is 1. The summed E-state index contributed by atoms with van der Waals surface area (Å²) in [6.07, 6.45) is 2.79. The van der Waals surface area contributed by atoms with Gasteiger partial charge in [0.1, 0.15) is 11.3 Å². The normalized spacial score (nSPS) is 10.4. The van der Waals surface area contributed by atoms with Crippen LogP contribution in [-0.4, -0.2) is 22.7 Å². The lowest BCUT2D eigenvalue weighted by molar-refractivity contribution is 0.0692. The second-order valence-electron chi connectivity index (χ2n) is 4.38. The molecular formula is C15H17NO3S. The molecule has 5 heteroatoms. The zero-order chi connectivity index (χ0) is 14.4. The minimum absolute atomic E-state index is 0.192. The lowest BCUT2D eigenvalue weighted by Gasteiger charge is -2.07. The van der Waals surface area contributed by atoms with Crippen LogP contribution in [-0.2, 0) is 12.8 Å². The highest BCUT2D eigenvalue weighted by Gasteiger charge is 2.10. The number of ether oxygens (including phenoxy) is 1. The van der Waals surface area contributed by atoms with E-state index in [1.54, 1.807) is 35.6 Å². The number of hydrogen-bond acceptors (Lipinski definition) is 4. The lowest BCUT2D eigenvalue weighted by Crippen LogP contribution is -2.06. The molecule has 1 heterocycles. The molecule has 0 unspecified atom stereocenters. The summed E-state index contributed by atoms with van der Waals surface area (Å²) >= 11 is 1.67. The van der Waals surface area contributed by atoms with E-state index in [0.717, 1.165) is 23.5 Å². The molecular weight excluding hydrogens is 274 g/mol. The molecule has 0 atom stereocenters. The van der Waals surface area contributed by atoms with Gasteiger partial charge in [-0.1, -0.05) is 19.1 Å². The van der Waals surface area contributed by atoms with Gasteiger partial charge in [0.15, 0.2) is 0 Å². The van der Waals surface area contributed by atoms with Crippen LogP contribution in [0.3, 0.4) is 0 Å². The highest BCUT2D eigenvalue weighted by Crippen LogP contribution is 2.18. The molecule has 106 valence electrons. The van der Waals surface area contributed by atoms with Crippen LogP contribution in [0.4, 0.5) is 0 Å². The van der Waals surface area contributed by atoms with Crippen LogP contribution in [0.15, 0.2) is 29.6 Å². The van der Waals surface area contributed by atoms with Gasteiger partial charge in [-0.25, -0.2) is 9.78 Å². The van der Waals surface area contributed by atoms with Crippen molar-refractivity contribution in [2.24, 2.45) is 0 Å². The maximum Gasteiger partial charge on any atom is 0.339 e. The van der Waals surface area contributed by atoms with Gasteiger partial charge in [0, 0.05) is 11.8 Å². The predicted octanol–water partition coefficient (Wildman–Crippen LogP) is 3.42. The van der Waals surface area contributed by atoms with Crippen molar-refractivity contribution in [3.63, 3.8) is 0 Å². The van der Waals surface area contributed by atoms with Crippen molar-refractivity contribution < 1.29 is 14.6 Å². The first-order valence-corrected chi connectivity index (χ1v) is 7.47. The van der Waals surface area contributed by atoms with E-state index < -0.39 is 5.97 Å². The van der Waals surface area contributed by atoms with Gasteiger partial charge in [-0.3, -0.25) is 0 Å². The molecule has 2 aromatic rings. The molecule has 0 saturated carbocycles. The Morgan fingerprint density at radius 1 is 1.35 bits per heavy atom. The minimum atomic E-state index is -0.973. The van der Waals surface area contributed by atoms with Gasteiger partial charge in [0.25, 0.3) is 0 Å². The highest BCUT2D eigenvalue weighted by atomic mass is 32.1. The minimum Gasteiger partial charge on any atom is -0.492 e. The summed E-state index contributed by atoms with van der Waals surface area (Å²) in [6, 6.07) is 6.67. The molecule has 0 aliphatic heterocycles. The Bertz CT molecular complexity index is 580. The average Bonchev–Trinajstić information content (AvgIpc) is 2.87. The number of carboxylic acid groups (broad SMARTS) is 1. The fourth-order valence-electron chi connectivity index (χ4n) is 1.83. The molecule has 0 saturated heterocycles. The molecule has 1 N–H and O–H groups in total. The van der Waals surface area contributed by atoms with Crippen LogP contribution < -0.4 is 4.74 Å². The van der Waals surface area contributed by atoms with Crippen molar-refractivity contribution in [2.45, 2.75) is 26.2 Å². The number of para-hydroxylation sites is 1. The van der Waals surface area contributed by atoms with Crippen molar-refractivity contribution in [3.05, 3.63) is 45.9 Å². The van der Waals surface area contributed by atoms with E-state index in [-0.39, 0.29) is 5.56 Å². The number of thiazole rings is 1. The molecule has 0 amide bonds. The fourth-order valence-corrected chi connectivity index (χ4v) is 2.76. The lowest BCUT2D eigenvalue weighted by atomic mass is 10.2. The molecule has 0 radical (unpaired) electrons. The van der Waals surface area contributed by atoms with E-state index in [4.69, 9.17) is 9.84 Å². The monoisotopic (exact) mass is 291 g/mol. The van der Waals surface area contributed by atoms with Crippen LogP contribution in [0, 0.1) is 0 Å². The molecule has 1 aromatic heterocycles. The molecule has 1 aromatic carbocycles. The van der Waals surface area contributed by atoms with E-state index >= 15 is 0 Å². The largest absolute Gasteiger partial charge is 0.492 e. The number of aromatic carboxylic acids is 1. The Kier molecular flexibility index (Phi) is 5.12. The summed E-state index contributed by atoms with van der Waals surface area (Å²) in [6.45, 7) is 2.56. The summed E-state index contributed by atoms with van der Waals surface area (Å²) in [4.78, 5) is 15.6. The van der Waals surface area contributed by atoms with Crippen molar-refractivity contribution in [3.8, 4) is 5.75 Å². The number of rotatable bonds is 7. The van der Waals surface area contributed by atoms with E-state index in [0.29, 0.717) is 18.8 Å². The summed E-state index contributed by atoms with van der Waals surface area (Å²) in [7, 11) is 0. The average molecular weight is 291 g/mol. The van der Waals surface area contributed by atoms with Gasteiger partial charge in [-0.05, 0) is 25.0 Å². The van der Waals surface area contributed by atoms with Crippen LogP contribution in [0.5, 0.6) is 5.75 Å². The van der Waals surface area contributed by atoms with Gasteiger partial charge in [0.05, 0.1) is 17.3 Å². The third-order valence-corrected chi connectivity index (χ3v) is 3.75. The molecule has 0 spiro atoms. The smallest absolute Gasteiger partial charge is 0.339 e. The standard InChI is InChI=1S/C15H17NO3S/c1-2-5-14-16-11(10-20-14)8-9-19-13-7-4-3-6-12(13)15(17)18/h3-4,6-7,10H,2,5,8-9H2,1H3,(H,17,18). The maximum absolute atomic E-state index is 11.0. The first-order chi connectivity index (χ1) is 9.70. The van der Waals surface area contributed by atoms with Crippen LogP contribution in [0.1, 0.15) is 34.4 Å². The van der Waals surface area contributed by atoms with Crippen molar-refractivity contribution in [1.82, 2.24) is 4.98 Å². The highest BCUT2D eigenvalue weighted by molar-refractivity contribution is 7.09. The summed E-state index contributed by atoms with van der Waals surface area (Å²) in [5.74, 6) is -0.566. The Morgan fingerprint density at radius 3 is 2.90 bits per heavy atom. The summed E-state index contributed by atoms with van der Waals surface area (Å²) in [5.41, 5.74) is 1.20. The van der Waals surface area contributed by atoms with Crippen molar-refractivity contribution >= 4 is 17.3 Å². The van der Waals surface area contributed by atoms with Crippen molar-refractivity contribution in [2.75, 3.05) is 6.61 Å². The van der Waals surface area contributed by atoms with Gasteiger partial charge >= 0.3 is 5.97 Å². The van der Waals surface area contributed by atoms with Crippen LogP contribution in [0.25, 0.3) is 0 Å². The predicted molar refractivity (Wildman–Crippen MR) is 78.7 cm³/mol. The molecule has 4 nitrogen and oxygen atoms in total. The SMILES string of the molecule is CCCc1nc(CCOc2ccccc2C(=O)O)cs1. The van der Waals surface area contributed by atoms with E-state index in [1.165, 1.54) is 0 Å². The van der Waals surface area contributed by atoms with E-state index in [9.17, 15) is 4.79 Å². The molecule has 2 rings (SSSR count). The number of aromatic nitrogens is 1. The Hall–Kier alpha value is -1.88. The Morgan fingerprint density at radius 2 is 2.15 bits per heavy atom. The van der Waals surface area contributed by atoms with Crippen LogP contribution in [0.2, 0.25) is 0 Å². The Labute approximate surface area is 122 Å². The molecule has 0 fully saturated rings.